The maximum absolute atomic E-state index is 12.7. The fourth-order valence-corrected chi connectivity index (χ4v) is 2.61. The number of nitrogens with zero attached hydrogens (tertiary/aromatic N) is 1. The lowest BCUT2D eigenvalue weighted by Gasteiger charge is -2.19. The van der Waals surface area contributed by atoms with Crippen LogP contribution in [0.4, 0.5) is 10.1 Å². The van der Waals surface area contributed by atoms with Gasteiger partial charge in [0.15, 0.2) is 0 Å². The van der Waals surface area contributed by atoms with E-state index in [9.17, 15) is 14.0 Å². The molecule has 3 atom stereocenters. The number of rotatable bonds is 2. The minimum absolute atomic E-state index is 0.0787. The molecule has 1 saturated carbocycles. The van der Waals surface area contributed by atoms with Crippen LogP contribution in [0.15, 0.2) is 24.3 Å². The number of carbonyl (C=O) groups is 2. The fourth-order valence-electron chi connectivity index (χ4n) is 2.61. The zero-order valence-electron chi connectivity index (χ0n) is 8.84. The van der Waals surface area contributed by atoms with E-state index >= 15 is 0 Å². The molecule has 5 heteroatoms. The van der Waals surface area contributed by atoms with Gasteiger partial charge in [0.2, 0.25) is 5.91 Å². The molecule has 88 valence electrons. The number of amides is 1. The Morgan fingerprint density at radius 3 is 2.47 bits per heavy atom. The third-order valence-electron chi connectivity index (χ3n) is 3.54. The van der Waals surface area contributed by atoms with Crippen LogP contribution in [-0.2, 0) is 9.59 Å². The highest BCUT2D eigenvalue weighted by Gasteiger charge is 2.65. The van der Waals surface area contributed by atoms with E-state index in [-0.39, 0.29) is 23.6 Å². The molecule has 1 amide bonds. The molecule has 2 fully saturated rings. The van der Waals surface area contributed by atoms with Crippen molar-refractivity contribution in [1.82, 2.24) is 0 Å². The fraction of sp³-hybridized carbons (Fsp3) is 0.333. The van der Waals surface area contributed by atoms with Crippen LogP contribution in [0.25, 0.3) is 0 Å². The van der Waals surface area contributed by atoms with E-state index in [2.05, 4.69) is 0 Å². The zero-order chi connectivity index (χ0) is 12.2. The number of fused-ring (bicyclic) bond motifs is 1. The summed E-state index contributed by atoms with van der Waals surface area (Å²) in [4.78, 5) is 24.2. The van der Waals surface area contributed by atoms with Gasteiger partial charge in [-0.25, -0.2) is 4.39 Å². The first-order valence-corrected chi connectivity index (χ1v) is 5.39. The Labute approximate surface area is 96.7 Å². The normalized spacial score (nSPS) is 30.3. The predicted octanol–water partition coefficient (Wildman–Crippen LogP) is 1.12. The molecule has 3 rings (SSSR count). The maximum Gasteiger partial charge on any atom is 0.307 e. The summed E-state index contributed by atoms with van der Waals surface area (Å²) in [5, 5.41) is 8.85. The Hall–Kier alpha value is -1.91. The highest BCUT2D eigenvalue weighted by Crippen LogP contribution is 2.53. The van der Waals surface area contributed by atoms with Crippen molar-refractivity contribution in [1.29, 1.82) is 0 Å². The number of hydrogen-bond donors (Lipinski definition) is 1. The van der Waals surface area contributed by atoms with Crippen LogP contribution in [-0.4, -0.2) is 23.5 Å². The summed E-state index contributed by atoms with van der Waals surface area (Å²) in [6.07, 6.45) is 0. The Kier molecular flexibility index (Phi) is 1.98. The quantitative estimate of drug-likeness (QED) is 0.835. The molecule has 0 aromatic heterocycles. The number of aliphatic carboxylic acids is 1. The van der Waals surface area contributed by atoms with Gasteiger partial charge in [-0.1, -0.05) is 0 Å². The number of carboxylic acid groups (broad SMARTS) is 1. The monoisotopic (exact) mass is 235 g/mol. The average molecular weight is 235 g/mol. The van der Waals surface area contributed by atoms with Crippen LogP contribution in [0.2, 0.25) is 0 Å². The van der Waals surface area contributed by atoms with Crippen molar-refractivity contribution in [2.24, 2.45) is 17.8 Å². The van der Waals surface area contributed by atoms with E-state index in [1.165, 1.54) is 29.2 Å². The summed E-state index contributed by atoms with van der Waals surface area (Å²) < 4.78 is 12.7. The minimum Gasteiger partial charge on any atom is -0.481 e. The van der Waals surface area contributed by atoms with Crippen molar-refractivity contribution in [2.45, 2.75) is 0 Å². The van der Waals surface area contributed by atoms with Crippen molar-refractivity contribution in [3.05, 3.63) is 30.1 Å². The number of anilines is 1. The van der Waals surface area contributed by atoms with E-state index in [4.69, 9.17) is 5.11 Å². The number of halogens is 1. The second-order valence-corrected chi connectivity index (χ2v) is 4.48. The van der Waals surface area contributed by atoms with E-state index in [1.54, 1.807) is 0 Å². The molecule has 1 N–H and O–H groups in total. The topological polar surface area (TPSA) is 57.6 Å². The molecule has 0 radical (unpaired) electrons. The summed E-state index contributed by atoms with van der Waals surface area (Å²) in [5.74, 6) is -2.38. The van der Waals surface area contributed by atoms with Gasteiger partial charge >= 0.3 is 5.97 Å². The van der Waals surface area contributed by atoms with Crippen LogP contribution >= 0.6 is 0 Å². The summed E-state index contributed by atoms with van der Waals surface area (Å²) in [6.45, 7) is 0.423. The summed E-state index contributed by atoms with van der Waals surface area (Å²) in [5.41, 5.74) is 0.632. The van der Waals surface area contributed by atoms with Crippen LogP contribution in [0.5, 0.6) is 0 Å². The van der Waals surface area contributed by atoms with Gasteiger partial charge in [0.25, 0.3) is 0 Å². The van der Waals surface area contributed by atoms with Gasteiger partial charge in [-0.05, 0) is 24.3 Å². The van der Waals surface area contributed by atoms with E-state index in [0.29, 0.717) is 12.2 Å². The second kappa shape index (κ2) is 3.29. The maximum atomic E-state index is 12.7. The van der Waals surface area contributed by atoms with Gasteiger partial charge in [-0.15, -0.1) is 0 Å². The molecule has 3 unspecified atom stereocenters. The average Bonchev–Trinajstić information content (AvgIpc) is 2.92. The lowest BCUT2D eigenvalue weighted by Crippen LogP contribution is -2.31. The molecule has 17 heavy (non-hydrogen) atoms. The van der Waals surface area contributed by atoms with Crippen LogP contribution in [0.3, 0.4) is 0 Å². The Morgan fingerprint density at radius 1 is 1.35 bits per heavy atom. The third kappa shape index (κ3) is 1.42. The first-order chi connectivity index (χ1) is 8.09. The van der Waals surface area contributed by atoms with Crippen molar-refractivity contribution < 1.29 is 19.1 Å². The van der Waals surface area contributed by atoms with Gasteiger partial charge in [-0.3, -0.25) is 9.59 Å². The van der Waals surface area contributed by atoms with Crippen molar-refractivity contribution in [2.75, 3.05) is 11.4 Å². The van der Waals surface area contributed by atoms with Crippen LogP contribution < -0.4 is 4.90 Å². The van der Waals surface area contributed by atoms with Crippen molar-refractivity contribution in [3.63, 3.8) is 0 Å². The van der Waals surface area contributed by atoms with E-state index in [1.807, 2.05) is 0 Å². The Balaban J connectivity index is 1.80. The zero-order valence-corrected chi connectivity index (χ0v) is 8.84. The highest BCUT2D eigenvalue weighted by molar-refractivity contribution is 6.03. The van der Waals surface area contributed by atoms with Gasteiger partial charge in [0.1, 0.15) is 5.82 Å². The molecule has 4 nitrogen and oxygen atoms in total. The summed E-state index contributed by atoms with van der Waals surface area (Å²) in [6, 6.07) is 5.66. The first kappa shape index (κ1) is 10.3. The van der Waals surface area contributed by atoms with Gasteiger partial charge < -0.3 is 10.0 Å². The molecular formula is C12H10FNO3. The van der Waals surface area contributed by atoms with Gasteiger partial charge in [0, 0.05) is 18.2 Å². The number of carboxylic acids is 1. The van der Waals surface area contributed by atoms with E-state index in [0.717, 1.165) is 0 Å². The SMILES string of the molecule is O=C(O)C1C2CN(c3ccc(F)cc3)C(=O)C21. The Morgan fingerprint density at radius 2 is 2.00 bits per heavy atom. The first-order valence-electron chi connectivity index (χ1n) is 5.39. The summed E-state index contributed by atoms with van der Waals surface area (Å²) in [7, 11) is 0. The number of benzene rings is 1. The number of carbonyl (C=O) groups excluding carboxylic acids is 1. The van der Waals surface area contributed by atoms with Gasteiger partial charge in [-0.2, -0.15) is 0 Å². The third-order valence-corrected chi connectivity index (χ3v) is 3.54. The molecule has 0 bridgehead atoms. The molecule has 1 heterocycles. The summed E-state index contributed by atoms with van der Waals surface area (Å²) >= 11 is 0. The minimum atomic E-state index is -0.896. The lowest BCUT2D eigenvalue weighted by molar-refractivity contribution is -0.140. The molecule has 1 aromatic rings. The molecule has 1 aromatic carbocycles. The molecule has 1 saturated heterocycles. The molecule has 1 aliphatic heterocycles. The predicted molar refractivity (Wildman–Crippen MR) is 56.9 cm³/mol. The Bertz CT molecular complexity index is 499. The highest BCUT2D eigenvalue weighted by atomic mass is 19.1. The number of piperidine rings is 1. The van der Waals surface area contributed by atoms with Crippen molar-refractivity contribution >= 4 is 17.6 Å². The molecular weight excluding hydrogens is 225 g/mol. The van der Waals surface area contributed by atoms with Crippen molar-refractivity contribution in [3.8, 4) is 0 Å². The standard InChI is InChI=1S/C12H10FNO3/c13-6-1-3-7(4-2-6)14-5-8-9(11(14)15)10(8)12(16)17/h1-4,8-10H,5H2,(H,16,17). The molecule has 2 aliphatic rings. The van der Waals surface area contributed by atoms with E-state index < -0.39 is 11.9 Å². The number of hydrogen-bond acceptors (Lipinski definition) is 2. The molecule has 0 spiro atoms. The van der Waals surface area contributed by atoms with Gasteiger partial charge in [0.05, 0.1) is 11.8 Å². The smallest absolute Gasteiger partial charge is 0.307 e. The second-order valence-electron chi connectivity index (χ2n) is 4.48. The lowest BCUT2D eigenvalue weighted by atomic mass is 10.2. The largest absolute Gasteiger partial charge is 0.481 e. The van der Waals surface area contributed by atoms with Crippen LogP contribution in [0, 0.1) is 23.6 Å². The van der Waals surface area contributed by atoms with Crippen LogP contribution in [0.1, 0.15) is 0 Å². The molecule has 1 aliphatic carbocycles.